The molecule has 0 aliphatic carbocycles. The van der Waals surface area contributed by atoms with Crippen LogP contribution in [0, 0.1) is 40.9 Å². The molecule has 262 valence electrons. The number of methoxy groups -OCH3 is 1. The molecular formula is C30H32F5N3O9S. The first kappa shape index (κ1) is 36.1. The fourth-order valence-electron chi connectivity index (χ4n) is 5.98. The number of aliphatic hydroxyl groups is 5. The molecule has 3 heterocycles. The van der Waals surface area contributed by atoms with E-state index in [0.717, 1.165) is 18.9 Å². The highest BCUT2D eigenvalue weighted by Crippen LogP contribution is 2.44. The molecule has 10 atom stereocenters. The summed E-state index contributed by atoms with van der Waals surface area (Å²) in [6.07, 6.45) is -7.05. The molecule has 48 heavy (non-hydrogen) atoms. The molecule has 0 bridgehead atoms. The van der Waals surface area contributed by atoms with Crippen LogP contribution in [-0.4, -0.2) is 108 Å². The van der Waals surface area contributed by atoms with Gasteiger partial charge in [-0.05, 0) is 12.1 Å². The lowest BCUT2D eigenvalue weighted by atomic mass is 9.84. The van der Waals surface area contributed by atoms with Crippen LogP contribution in [0.2, 0.25) is 0 Å². The third-order valence-electron chi connectivity index (χ3n) is 8.55. The second-order valence-corrected chi connectivity index (χ2v) is 12.7. The van der Waals surface area contributed by atoms with Crippen molar-refractivity contribution in [3.8, 4) is 17.0 Å². The molecule has 2 aliphatic heterocycles. The Labute approximate surface area is 274 Å². The Hall–Kier alpha value is -3.23. The number of benzene rings is 2. The number of hydrogen-bond acceptors (Lipinski definition) is 12. The predicted octanol–water partition coefficient (Wildman–Crippen LogP) is 1.97. The van der Waals surface area contributed by atoms with Gasteiger partial charge in [0.1, 0.15) is 40.7 Å². The number of Topliss-reactive ketones (excluding diaryl/α,β-unsaturated/α-hetero) is 1. The number of aliphatic hydroxyl groups excluding tert-OH is 5. The van der Waals surface area contributed by atoms with Gasteiger partial charge >= 0.3 is 0 Å². The van der Waals surface area contributed by atoms with Crippen LogP contribution in [0.25, 0.3) is 11.3 Å². The zero-order chi connectivity index (χ0) is 35.0. The Bertz CT molecular complexity index is 1610. The van der Waals surface area contributed by atoms with E-state index in [1.165, 1.54) is 29.1 Å². The molecule has 0 spiro atoms. The topological polar surface area (TPSA) is 177 Å². The number of aromatic nitrogens is 3. The minimum absolute atomic E-state index is 0.285. The SMILES string of the molecule is COc1c(F)c(F)c(C(=O)C[C@@H]2C(O)[C@H](SC3O[C@H](CO)C(O)C(n4cc(-c5cccc(F)c5)nn4)[C@H]3C)OC(CO)[C@@H]2O)c(F)c1F. The standard InChI is InChI=1S/C30H32F5N3O9S/c1-11-24(38-8-15(36-37-38)12-4-3-5-13(31)6-12)27(44)18(10-40)46-29(11)48-30-26(43)14(25(42)17(9-39)47-30)7-16(41)19-20(32)22(34)28(45-2)23(35)21(19)33/h3-6,8,11,14,17-18,24-27,29-30,39-40,42-44H,7,9-10H2,1-2H3/t11-,14+,17?,18-,24?,25-,26?,27?,29?,30+/m1/s1. The molecule has 2 aliphatic rings. The van der Waals surface area contributed by atoms with E-state index < -0.39 is 125 Å². The fraction of sp³-hybridized carbons (Fsp3) is 0.500. The summed E-state index contributed by atoms with van der Waals surface area (Å²) in [4.78, 5) is 13.0. The Morgan fingerprint density at radius 1 is 0.938 bits per heavy atom. The molecule has 0 radical (unpaired) electrons. The molecule has 3 aromatic rings. The monoisotopic (exact) mass is 705 g/mol. The number of carbonyl (C=O) groups excluding carboxylic acids is 1. The lowest BCUT2D eigenvalue weighted by Gasteiger charge is -2.46. The van der Waals surface area contributed by atoms with E-state index in [9.17, 15) is 52.3 Å². The van der Waals surface area contributed by atoms with Gasteiger partial charge in [-0.1, -0.05) is 36.0 Å². The highest BCUT2D eigenvalue weighted by molar-refractivity contribution is 8.00. The normalized spacial score (nSPS) is 30.8. The van der Waals surface area contributed by atoms with Crippen molar-refractivity contribution in [2.75, 3.05) is 20.3 Å². The number of thioether (sulfide) groups is 1. The van der Waals surface area contributed by atoms with Gasteiger partial charge in [-0.15, -0.1) is 5.10 Å². The molecule has 2 fully saturated rings. The van der Waals surface area contributed by atoms with Crippen molar-refractivity contribution in [1.29, 1.82) is 0 Å². The lowest BCUT2D eigenvalue weighted by molar-refractivity contribution is -0.184. The quantitative estimate of drug-likeness (QED) is 0.118. The predicted molar refractivity (Wildman–Crippen MR) is 156 cm³/mol. The smallest absolute Gasteiger partial charge is 0.204 e. The van der Waals surface area contributed by atoms with Gasteiger partial charge in [0.2, 0.25) is 11.6 Å². The van der Waals surface area contributed by atoms with Gasteiger partial charge in [-0.3, -0.25) is 4.79 Å². The average Bonchev–Trinajstić information content (AvgIpc) is 3.55. The van der Waals surface area contributed by atoms with Gasteiger partial charge in [0.15, 0.2) is 23.2 Å². The maximum Gasteiger partial charge on any atom is 0.204 e. The van der Waals surface area contributed by atoms with E-state index in [1.54, 1.807) is 13.0 Å². The van der Waals surface area contributed by atoms with Crippen molar-refractivity contribution in [2.45, 2.75) is 60.8 Å². The van der Waals surface area contributed by atoms with Crippen LogP contribution < -0.4 is 4.74 Å². The van der Waals surface area contributed by atoms with E-state index in [1.807, 2.05) is 0 Å². The molecule has 0 amide bonds. The van der Waals surface area contributed by atoms with Crippen LogP contribution in [0.1, 0.15) is 29.7 Å². The van der Waals surface area contributed by atoms with Gasteiger partial charge in [0.05, 0.1) is 50.3 Å². The fourth-order valence-corrected chi connectivity index (χ4v) is 7.43. The van der Waals surface area contributed by atoms with Gasteiger partial charge in [0.25, 0.3) is 0 Å². The first-order valence-electron chi connectivity index (χ1n) is 14.7. The minimum atomic E-state index is -2.03. The number of halogens is 5. The maximum atomic E-state index is 14.7. The number of carbonyl (C=O) groups is 1. The molecular weight excluding hydrogens is 673 g/mol. The lowest BCUT2D eigenvalue weighted by Crippen LogP contribution is -2.57. The van der Waals surface area contributed by atoms with Crippen LogP contribution >= 0.6 is 11.8 Å². The van der Waals surface area contributed by atoms with Gasteiger partial charge in [-0.2, -0.15) is 8.78 Å². The summed E-state index contributed by atoms with van der Waals surface area (Å²) in [7, 11) is 0.766. The molecule has 0 saturated carbocycles. The highest BCUT2D eigenvalue weighted by Gasteiger charge is 2.50. The molecule has 5 unspecified atom stereocenters. The summed E-state index contributed by atoms with van der Waals surface area (Å²) >= 11 is 0.800. The largest absolute Gasteiger partial charge is 0.491 e. The molecule has 1 aromatic heterocycles. The highest BCUT2D eigenvalue weighted by atomic mass is 32.2. The second kappa shape index (κ2) is 14.7. The summed E-state index contributed by atoms with van der Waals surface area (Å²) in [6.45, 7) is 0.172. The number of ether oxygens (including phenoxy) is 3. The Morgan fingerprint density at radius 3 is 2.17 bits per heavy atom. The van der Waals surface area contributed by atoms with Crippen LogP contribution in [0.15, 0.2) is 30.5 Å². The molecule has 2 saturated heterocycles. The van der Waals surface area contributed by atoms with Crippen LogP contribution in [-0.2, 0) is 9.47 Å². The number of nitrogens with zero attached hydrogens (tertiary/aromatic N) is 3. The van der Waals surface area contributed by atoms with Gasteiger partial charge < -0.3 is 39.7 Å². The Balaban J connectivity index is 1.39. The van der Waals surface area contributed by atoms with Crippen molar-refractivity contribution in [2.24, 2.45) is 11.8 Å². The summed E-state index contributed by atoms with van der Waals surface area (Å²) < 4.78 is 89.1. The average molecular weight is 706 g/mol. The number of ketones is 1. The van der Waals surface area contributed by atoms with Crippen LogP contribution in [0.3, 0.4) is 0 Å². The molecule has 12 nitrogen and oxygen atoms in total. The van der Waals surface area contributed by atoms with Gasteiger partial charge in [-0.25, -0.2) is 17.9 Å². The van der Waals surface area contributed by atoms with E-state index >= 15 is 0 Å². The summed E-state index contributed by atoms with van der Waals surface area (Å²) in [5.74, 6) is -13.6. The summed E-state index contributed by atoms with van der Waals surface area (Å²) in [5.41, 5.74) is -3.27. The summed E-state index contributed by atoms with van der Waals surface area (Å²) in [6, 6.07) is 4.69. The zero-order valence-corrected chi connectivity index (χ0v) is 26.1. The van der Waals surface area contributed by atoms with Crippen LogP contribution in [0.5, 0.6) is 5.75 Å². The third kappa shape index (κ3) is 6.67. The first-order valence-corrected chi connectivity index (χ1v) is 15.6. The zero-order valence-electron chi connectivity index (χ0n) is 25.3. The van der Waals surface area contributed by atoms with Gasteiger partial charge in [0, 0.05) is 23.8 Å². The molecule has 5 rings (SSSR count). The third-order valence-corrected chi connectivity index (χ3v) is 10.0. The molecule has 18 heteroatoms. The maximum absolute atomic E-state index is 14.7. The Kier molecular flexibility index (Phi) is 11.1. The molecule has 5 N–H and O–H groups in total. The van der Waals surface area contributed by atoms with E-state index in [4.69, 9.17) is 9.47 Å². The van der Waals surface area contributed by atoms with E-state index in [2.05, 4.69) is 15.0 Å². The second-order valence-electron chi connectivity index (χ2n) is 11.5. The summed E-state index contributed by atoms with van der Waals surface area (Å²) in [5, 5.41) is 61.2. The van der Waals surface area contributed by atoms with E-state index in [0.29, 0.717) is 5.56 Å². The van der Waals surface area contributed by atoms with Crippen molar-refractivity contribution in [3.05, 3.63) is 65.1 Å². The van der Waals surface area contributed by atoms with Crippen molar-refractivity contribution >= 4 is 17.5 Å². The Morgan fingerprint density at radius 2 is 1.56 bits per heavy atom. The number of rotatable bonds is 10. The molecule has 2 aromatic carbocycles. The van der Waals surface area contributed by atoms with Crippen molar-refractivity contribution in [1.82, 2.24) is 15.0 Å². The first-order chi connectivity index (χ1) is 22.8. The minimum Gasteiger partial charge on any atom is -0.491 e. The van der Waals surface area contributed by atoms with Crippen molar-refractivity contribution < 1.29 is 66.5 Å². The number of hydrogen-bond donors (Lipinski definition) is 5. The van der Waals surface area contributed by atoms with E-state index in [-0.39, 0.29) is 5.69 Å². The van der Waals surface area contributed by atoms with Crippen molar-refractivity contribution in [3.63, 3.8) is 0 Å². The van der Waals surface area contributed by atoms with Crippen LogP contribution in [0.4, 0.5) is 22.0 Å².